The molecule has 1 aromatic carbocycles. The Balaban J connectivity index is 1.74. The number of aromatic nitrogens is 3. The Morgan fingerprint density at radius 2 is 1.96 bits per heavy atom. The molecule has 6 nitrogen and oxygen atoms in total. The molecule has 0 saturated carbocycles. The van der Waals surface area contributed by atoms with Crippen molar-refractivity contribution in [3.63, 3.8) is 0 Å². The van der Waals surface area contributed by atoms with Crippen LogP contribution in [0, 0.1) is 18.3 Å². The smallest absolute Gasteiger partial charge is 0.255 e. The minimum absolute atomic E-state index is 0.247. The number of amides is 1. The number of hydrogen-bond donors (Lipinski definition) is 1. The summed E-state index contributed by atoms with van der Waals surface area (Å²) in [5, 5.41) is 11.5. The highest BCUT2D eigenvalue weighted by molar-refractivity contribution is 6.04. The van der Waals surface area contributed by atoms with Crippen molar-refractivity contribution in [3.05, 3.63) is 71.9 Å². The van der Waals surface area contributed by atoms with Crippen molar-refractivity contribution in [2.75, 3.05) is 5.32 Å². The Hall–Kier alpha value is -3.46. The summed E-state index contributed by atoms with van der Waals surface area (Å²) in [7, 11) is 0. The van der Waals surface area contributed by atoms with E-state index in [1.165, 1.54) is 0 Å². The second kappa shape index (κ2) is 6.12. The summed E-state index contributed by atoms with van der Waals surface area (Å²) in [6.45, 7) is 1.89. The summed E-state index contributed by atoms with van der Waals surface area (Å²) in [6, 6.07) is 12.1. The summed E-state index contributed by atoms with van der Waals surface area (Å²) >= 11 is 0. The molecule has 0 unspecified atom stereocenters. The molecule has 112 valence electrons. The van der Waals surface area contributed by atoms with E-state index in [4.69, 9.17) is 5.26 Å². The van der Waals surface area contributed by atoms with Gasteiger partial charge in [-0.1, -0.05) is 0 Å². The Morgan fingerprint density at radius 1 is 1.17 bits per heavy atom. The lowest BCUT2D eigenvalue weighted by Gasteiger charge is -2.07. The van der Waals surface area contributed by atoms with Gasteiger partial charge in [-0.25, -0.2) is 9.97 Å². The zero-order valence-electron chi connectivity index (χ0n) is 12.4. The van der Waals surface area contributed by atoms with Crippen LogP contribution in [0.25, 0.3) is 5.82 Å². The van der Waals surface area contributed by atoms with Gasteiger partial charge in [0.05, 0.1) is 23.5 Å². The Morgan fingerprint density at radius 3 is 2.52 bits per heavy atom. The van der Waals surface area contributed by atoms with E-state index in [-0.39, 0.29) is 5.91 Å². The standard InChI is InChI=1S/C17H13N5O/c1-12-19-8-9-22(12)16-7-6-15(11-20-16)21-17(23)14-4-2-13(10-18)3-5-14/h2-9,11H,1H3,(H,21,23). The molecule has 0 saturated heterocycles. The van der Waals surface area contributed by atoms with Crippen molar-refractivity contribution in [1.82, 2.24) is 14.5 Å². The average Bonchev–Trinajstić information content (AvgIpc) is 3.01. The van der Waals surface area contributed by atoms with Gasteiger partial charge in [0, 0.05) is 18.0 Å². The minimum Gasteiger partial charge on any atom is -0.321 e. The van der Waals surface area contributed by atoms with Crippen LogP contribution < -0.4 is 5.32 Å². The molecule has 3 aromatic rings. The van der Waals surface area contributed by atoms with E-state index in [1.54, 1.807) is 42.7 Å². The van der Waals surface area contributed by atoms with E-state index in [0.717, 1.165) is 11.6 Å². The third kappa shape index (κ3) is 3.09. The summed E-state index contributed by atoms with van der Waals surface area (Å²) < 4.78 is 1.85. The van der Waals surface area contributed by atoms with Gasteiger partial charge in [0.2, 0.25) is 0 Å². The number of nitriles is 1. The number of carbonyl (C=O) groups excluding carboxylic acids is 1. The van der Waals surface area contributed by atoms with Gasteiger partial charge in [-0.2, -0.15) is 5.26 Å². The first-order chi connectivity index (χ1) is 11.2. The fraction of sp³-hybridized carbons (Fsp3) is 0.0588. The molecule has 0 radical (unpaired) electrons. The molecule has 2 heterocycles. The summed E-state index contributed by atoms with van der Waals surface area (Å²) in [5.74, 6) is 1.33. The molecule has 0 aliphatic carbocycles. The highest BCUT2D eigenvalue weighted by Crippen LogP contribution is 2.13. The molecule has 3 rings (SSSR count). The van der Waals surface area contributed by atoms with Crippen LogP contribution in [0.5, 0.6) is 0 Å². The van der Waals surface area contributed by atoms with Gasteiger partial charge in [-0.3, -0.25) is 9.36 Å². The molecule has 6 heteroatoms. The van der Waals surface area contributed by atoms with Crippen molar-refractivity contribution < 1.29 is 4.79 Å². The number of carbonyl (C=O) groups is 1. The van der Waals surface area contributed by atoms with Gasteiger partial charge in [0.25, 0.3) is 5.91 Å². The van der Waals surface area contributed by atoms with Crippen molar-refractivity contribution >= 4 is 11.6 Å². The maximum Gasteiger partial charge on any atom is 0.255 e. The second-order valence-corrected chi connectivity index (χ2v) is 4.89. The predicted molar refractivity (Wildman–Crippen MR) is 85.2 cm³/mol. The second-order valence-electron chi connectivity index (χ2n) is 4.89. The molecule has 0 aliphatic rings. The van der Waals surface area contributed by atoms with Gasteiger partial charge >= 0.3 is 0 Å². The van der Waals surface area contributed by atoms with Crippen LogP contribution in [0.3, 0.4) is 0 Å². The molecule has 0 bridgehead atoms. The maximum absolute atomic E-state index is 12.1. The zero-order chi connectivity index (χ0) is 16.2. The largest absolute Gasteiger partial charge is 0.321 e. The lowest BCUT2D eigenvalue weighted by molar-refractivity contribution is 0.102. The fourth-order valence-electron chi connectivity index (χ4n) is 2.12. The number of imidazole rings is 1. The predicted octanol–water partition coefficient (Wildman–Crippen LogP) is 2.70. The Bertz CT molecular complexity index is 873. The number of hydrogen-bond acceptors (Lipinski definition) is 4. The van der Waals surface area contributed by atoms with Gasteiger partial charge in [0.15, 0.2) is 0 Å². The lowest BCUT2D eigenvalue weighted by Crippen LogP contribution is -2.12. The summed E-state index contributed by atoms with van der Waals surface area (Å²) in [6.07, 6.45) is 5.13. The molecule has 0 atom stereocenters. The van der Waals surface area contributed by atoms with Crippen LogP contribution in [0.2, 0.25) is 0 Å². The number of anilines is 1. The van der Waals surface area contributed by atoms with Crippen molar-refractivity contribution in [2.24, 2.45) is 0 Å². The number of nitrogens with zero attached hydrogens (tertiary/aromatic N) is 4. The first-order valence-corrected chi connectivity index (χ1v) is 6.95. The van der Waals surface area contributed by atoms with Gasteiger partial charge in [0.1, 0.15) is 11.6 Å². The lowest BCUT2D eigenvalue weighted by atomic mass is 10.1. The topological polar surface area (TPSA) is 83.6 Å². The number of pyridine rings is 1. The van der Waals surface area contributed by atoms with Crippen LogP contribution in [-0.4, -0.2) is 20.4 Å². The molecular weight excluding hydrogens is 290 g/mol. The van der Waals surface area contributed by atoms with Crippen molar-refractivity contribution in [3.8, 4) is 11.9 Å². The molecule has 23 heavy (non-hydrogen) atoms. The molecule has 2 aromatic heterocycles. The summed E-state index contributed by atoms with van der Waals surface area (Å²) in [4.78, 5) is 20.6. The van der Waals surface area contributed by atoms with Gasteiger partial charge in [-0.15, -0.1) is 0 Å². The van der Waals surface area contributed by atoms with Crippen LogP contribution in [-0.2, 0) is 0 Å². The molecule has 1 amide bonds. The molecule has 0 spiro atoms. The minimum atomic E-state index is -0.247. The third-order valence-corrected chi connectivity index (χ3v) is 3.35. The molecule has 0 aliphatic heterocycles. The SMILES string of the molecule is Cc1nccn1-c1ccc(NC(=O)c2ccc(C#N)cc2)cn1. The molecule has 1 N–H and O–H groups in total. The number of aryl methyl sites for hydroxylation is 1. The highest BCUT2D eigenvalue weighted by atomic mass is 16.1. The fourth-order valence-corrected chi connectivity index (χ4v) is 2.12. The third-order valence-electron chi connectivity index (χ3n) is 3.35. The van der Waals surface area contributed by atoms with E-state index < -0.39 is 0 Å². The van der Waals surface area contributed by atoms with E-state index in [2.05, 4.69) is 15.3 Å². The first kappa shape index (κ1) is 14.5. The quantitative estimate of drug-likeness (QED) is 0.806. The summed E-state index contributed by atoms with van der Waals surface area (Å²) in [5.41, 5.74) is 1.60. The van der Waals surface area contributed by atoms with E-state index >= 15 is 0 Å². The van der Waals surface area contributed by atoms with Crippen LogP contribution in [0.4, 0.5) is 5.69 Å². The number of benzene rings is 1. The van der Waals surface area contributed by atoms with Crippen LogP contribution >= 0.6 is 0 Å². The molecule has 0 fully saturated rings. The average molecular weight is 303 g/mol. The Labute approximate surface area is 133 Å². The monoisotopic (exact) mass is 303 g/mol. The van der Waals surface area contributed by atoms with Gasteiger partial charge in [-0.05, 0) is 43.3 Å². The van der Waals surface area contributed by atoms with Crippen molar-refractivity contribution in [1.29, 1.82) is 5.26 Å². The zero-order valence-corrected chi connectivity index (χ0v) is 12.4. The Kier molecular flexibility index (Phi) is 3.85. The number of nitrogens with one attached hydrogen (secondary N) is 1. The van der Waals surface area contributed by atoms with Gasteiger partial charge < -0.3 is 5.32 Å². The van der Waals surface area contributed by atoms with E-state index in [0.29, 0.717) is 16.8 Å². The number of rotatable bonds is 3. The first-order valence-electron chi connectivity index (χ1n) is 6.95. The van der Waals surface area contributed by atoms with E-state index in [1.807, 2.05) is 29.8 Å². The molecular formula is C17H13N5O. The van der Waals surface area contributed by atoms with Crippen molar-refractivity contribution in [2.45, 2.75) is 6.92 Å². The normalized spacial score (nSPS) is 10.1. The van der Waals surface area contributed by atoms with Crippen LogP contribution in [0.15, 0.2) is 55.0 Å². The van der Waals surface area contributed by atoms with E-state index in [9.17, 15) is 4.79 Å². The maximum atomic E-state index is 12.1. The van der Waals surface area contributed by atoms with Crippen LogP contribution in [0.1, 0.15) is 21.7 Å². The highest BCUT2D eigenvalue weighted by Gasteiger charge is 2.07.